The number of carbonyl (C=O) groups is 3. The van der Waals surface area contributed by atoms with E-state index < -0.39 is 40.9 Å². The second-order valence-electron chi connectivity index (χ2n) is 11.0. The zero-order valence-corrected chi connectivity index (χ0v) is 25.6. The van der Waals surface area contributed by atoms with Crippen molar-refractivity contribution in [3.63, 3.8) is 0 Å². The second-order valence-corrected chi connectivity index (χ2v) is 11.0. The minimum absolute atomic E-state index is 0.0345. The van der Waals surface area contributed by atoms with Gasteiger partial charge in [0, 0.05) is 49.8 Å². The largest absolute Gasteiger partial charge is 0.469 e. The Morgan fingerprint density at radius 3 is 2.54 bits per heavy atom. The van der Waals surface area contributed by atoms with Crippen molar-refractivity contribution < 1.29 is 42.0 Å². The van der Waals surface area contributed by atoms with E-state index >= 15 is 4.39 Å². The molecule has 1 unspecified atom stereocenters. The highest BCUT2D eigenvalue weighted by molar-refractivity contribution is 5.99. The Morgan fingerprint density at radius 2 is 1.89 bits per heavy atom. The molecule has 0 spiro atoms. The first-order valence-corrected chi connectivity index (χ1v) is 14.3. The van der Waals surface area contributed by atoms with Crippen molar-refractivity contribution in [1.82, 2.24) is 10.2 Å². The molecule has 0 aromatic heterocycles. The number of aryl methyl sites for hydroxylation is 1. The third-order valence-corrected chi connectivity index (χ3v) is 7.85. The van der Waals surface area contributed by atoms with Crippen LogP contribution in [0.25, 0.3) is 0 Å². The molecule has 14 heteroatoms. The molecule has 3 aromatic rings. The summed E-state index contributed by atoms with van der Waals surface area (Å²) in [4.78, 5) is 49.8. The fourth-order valence-electron chi connectivity index (χ4n) is 5.39. The smallest absolute Gasteiger partial charge is 0.387 e. The number of anilines is 1. The van der Waals surface area contributed by atoms with Gasteiger partial charge in [0.05, 0.1) is 17.7 Å². The standard InChI is InChI=1S/C32H33F3N4O7/c1-17(5-10-28(40)45-4)23-8-6-19(11-18(23)2)29(37-26-14-24-20(13-25(26)33)15-36-30(24)41)31(42)38(3)16-21-12-22(39(43)44)7-9-27(21)46-32(34)35/h6-9,11-14,17,29,32,37H,5,10,15-16H2,1-4H3,(H,36,41)/t17-,29?/m0/s1. The minimum atomic E-state index is -3.22. The molecule has 0 aliphatic carbocycles. The monoisotopic (exact) mass is 642 g/mol. The normalized spacial score (nSPS) is 13.4. The van der Waals surface area contributed by atoms with Crippen LogP contribution in [0.4, 0.5) is 24.5 Å². The predicted molar refractivity (Wildman–Crippen MR) is 161 cm³/mol. The second kappa shape index (κ2) is 14.3. The van der Waals surface area contributed by atoms with Crippen LogP contribution in [0, 0.1) is 22.9 Å². The van der Waals surface area contributed by atoms with Crippen molar-refractivity contribution in [3.05, 3.63) is 97.8 Å². The molecule has 0 bridgehead atoms. The molecule has 0 fully saturated rings. The van der Waals surface area contributed by atoms with Gasteiger partial charge in [-0.2, -0.15) is 8.78 Å². The molecule has 0 saturated carbocycles. The van der Waals surface area contributed by atoms with E-state index in [-0.39, 0.29) is 54.0 Å². The quantitative estimate of drug-likeness (QED) is 0.136. The first-order chi connectivity index (χ1) is 21.8. The van der Waals surface area contributed by atoms with E-state index in [9.17, 15) is 33.3 Å². The molecule has 4 rings (SSSR count). The van der Waals surface area contributed by atoms with Gasteiger partial charge in [-0.25, -0.2) is 4.39 Å². The van der Waals surface area contributed by atoms with Crippen LogP contribution in [0.3, 0.4) is 0 Å². The number of carbonyl (C=O) groups excluding carboxylic acids is 3. The predicted octanol–water partition coefficient (Wildman–Crippen LogP) is 5.76. The van der Waals surface area contributed by atoms with Crippen LogP contribution in [0.1, 0.15) is 69.9 Å². The lowest BCUT2D eigenvalue weighted by Gasteiger charge is -2.27. The highest BCUT2D eigenvalue weighted by Crippen LogP contribution is 2.33. The van der Waals surface area contributed by atoms with Gasteiger partial charge in [-0.1, -0.05) is 25.1 Å². The topological polar surface area (TPSA) is 140 Å². The van der Waals surface area contributed by atoms with E-state index in [1.807, 2.05) is 13.8 Å². The van der Waals surface area contributed by atoms with Crippen LogP contribution < -0.4 is 15.4 Å². The number of hydrogen-bond donors (Lipinski definition) is 2. The van der Waals surface area contributed by atoms with Crippen molar-refractivity contribution in [2.24, 2.45) is 0 Å². The lowest BCUT2D eigenvalue weighted by atomic mass is 9.90. The number of non-ortho nitro benzene ring substituents is 1. The van der Waals surface area contributed by atoms with Gasteiger partial charge >= 0.3 is 12.6 Å². The van der Waals surface area contributed by atoms with Crippen molar-refractivity contribution in [3.8, 4) is 5.75 Å². The number of nitrogens with zero attached hydrogens (tertiary/aromatic N) is 2. The van der Waals surface area contributed by atoms with E-state index in [2.05, 4.69) is 15.4 Å². The number of hydrogen-bond acceptors (Lipinski definition) is 8. The average Bonchev–Trinajstić information content (AvgIpc) is 3.36. The number of nitro benzene ring substituents is 1. The Hall–Kier alpha value is -5.14. The Morgan fingerprint density at radius 1 is 1.15 bits per heavy atom. The van der Waals surface area contributed by atoms with Crippen LogP contribution in [-0.4, -0.2) is 48.4 Å². The SMILES string of the molecule is COC(=O)CC[C@H](C)c1ccc(C(Nc2cc3c(cc2F)CNC3=O)C(=O)N(C)Cc2cc([N+](=O)[O-])ccc2OC(F)F)cc1C. The summed E-state index contributed by atoms with van der Waals surface area (Å²) < 4.78 is 50.7. The third kappa shape index (κ3) is 7.73. The van der Waals surface area contributed by atoms with Crippen LogP contribution in [0.5, 0.6) is 5.75 Å². The van der Waals surface area contributed by atoms with E-state index in [1.165, 1.54) is 26.3 Å². The first-order valence-electron chi connectivity index (χ1n) is 14.3. The van der Waals surface area contributed by atoms with Gasteiger partial charge in [0.25, 0.3) is 11.6 Å². The molecule has 1 heterocycles. The number of amides is 2. The molecule has 1 aliphatic rings. The number of halogens is 3. The summed E-state index contributed by atoms with van der Waals surface area (Å²) in [6.45, 7) is 0.361. The van der Waals surface area contributed by atoms with Gasteiger partial charge in [0.2, 0.25) is 5.91 Å². The van der Waals surface area contributed by atoms with Gasteiger partial charge in [-0.05, 0) is 59.7 Å². The molecule has 2 atom stereocenters. The zero-order chi connectivity index (χ0) is 33.7. The van der Waals surface area contributed by atoms with Gasteiger partial charge < -0.3 is 25.0 Å². The van der Waals surface area contributed by atoms with Gasteiger partial charge in [0.1, 0.15) is 17.6 Å². The van der Waals surface area contributed by atoms with Crippen LogP contribution in [0.15, 0.2) is 48.5 Å². The van der Waals surface area contributed by atoms with Crippen LogP contribution in [0.2, 0.25) is 0 Å². The summed E-state index contributed by atoms with van der Waals surface area (Å²) in [5, 5.41) is 16.9. The van der Waals surface area contributed by atoms with Crippen molar-refractivity contribution >= 4 is 29.2 Å². The number of rotatable bonds is 13. The number of alkyl halides is 2. The van der Waals surface area contributed by atoms with Crippen molar-refractivity contribution in [2.45, 2.75) is 58.3 Å². The summed E-state index contributed by atoms with van der Waals surface area (Å²) in [6, 6.07) is 9.58. The highest BCUT2D eigenvalue weighted by atomic mass is 19.3. The van der Waals surface area contributed by atoms with Crippen LogP contribution in [-0.2, 0) is 27.4 Å². The Kier molecular flexibility index (Phi) is 10.5. The maximum Gasteiger partial charge on any atom is 0.387 e. The molecular formula is C32H33F3N4O7. The number of esters is 1. The number of methoxy groups -OCH3 is 1. The summed E-state index contributed by atoms with van der Waals surface area (Å²) in [5.41, 5.74) is 2.29. The molecule has 2 amide bonds. The number of ether oxygens (including phenoxy) is 2. The molecule has 3 aromatic carbocycles. The summed E-state index contributed by atoms with van der Waals surface area (Å²) >= 11 is 0. The first kappa shape index (κ1) is 33.7. The van der Waals surface area contributed by atoms with E-state index in [4.69, 9.17) is 4.74 Å². The van der Waals surface area contributed by atoms with Crippen molar-refractivity contribution in [1.29, 1.82) is 0 Å². The van der Waals surface area contributed by atoms with E-state index in [1.54, 1.807) is 18.2 Å². The zero-order valence-electron chi connectivity index (χ0n) is 25.6. The summed E-state index contributed by atoms with van der Waals surface area (Å²) in [5.74, 6) is -2.45. The number of likely N-dealkylation sites (N-methyl/N-ethyl adjacent to an activating group) is 1. The molecule has 244 valence electrons. The summed E-state index contributed by atoms with van der Waals surface area (Å²) in [6.07, 6.45) is 0.733. The van der Waals surface area contributed by atoms with E-state index in [0.717, 1.165) is 34.2 Å². The lowest BCUT2D eigenvalue weighted by Crippen LogP contribution is -2.35. The minimum Gasteiger partial charge on any atom is -0.469 e. The molecule has 0 saturated heterocycles. The van der Waals surface area contributed by atoms with E-state index in [0.29, 0.717) is 17.5 Å². The Bertz CT molecular complexity index is 1670. The molecule has 1 aliphatic heterocycles. The number of nitrogens with one attached hydrogen (secondary N) is 2. The fraction of sp³-hybridized carbons (Fsp3) is 0.344. The van der Waals surface area contributed by atoms with Crippen molar-refractivity contribution in [2.75, 3.05) is 19.5 Å². The number of nitro groups is 1. The number of fused-ring (bicyclic) bond motifs is 1. The highest BCUT2D eigenvalue weighted by Gasteiger charge is 2.29. The molecule has 11 nitrogen and oxygen atoms in total. The Labute approximate surface area is 262 Å². The van der Waals surface area contributed by atoms with Crippen LogP contribution >= 0.6 is 0 Å². The lowest BCUT2D eigenvalue weighted by molar-refractivity contribution is -0.385. The maximum absolute atomic E-state index is 15.3. The molecule has 0 radical (unpaired) electrons. The van der Waals surface area contributed by atoms with Gasteiger partial charge in [-0.15, -0.1) is 0 Å². The Balaban J connectivity index is 1.70. The molecular weight excluding hydrogens is 609 g/mol. The maximum atomic E-state index is 15.3. The third-order valence-electron chi connectivity index (χ3n) is 7.85. The molecule has 46 heavy (non-hydrogen) atoms. The fourth-order valence-corrected chi connectivity index (χ4v) is 5.39. The average molecular weight is 643 g/mol. The molecule has 2 N–H and O–H groups in total. The number of benzene rings is 3. The van der Waals surface area contributed by atoms with Gasteiger partial charge in [-0.3, -0.25) is 24.5 Å². The summed E-state index contributed by atoms with van der Waals surface area (Å²) in [7, 11) is 2.68. The van der Waals surface area contributed by atoms with Gasteiger partial charge in [0.15, 0.2) is 0 Å².